The summed E-state index contributed by atoms with van der Waals surface area (Å²) in [6.07, 6.45) is 6.17. The number of rotatable bonds is 4. The molecule has 1 fully saturated rings. The Hall–Kier alpha value is -1.62. The van der Waals surface area contributed by atoms with Gasteiger partial charge in [-0.3, -0.25) is 9.78 Å². The van der Waals surface area contributed by atoms with Gasteiger partial charge in [-0.25, -0.2) is 0 Å². The van der Waals surface area contributed by atoms with E-state index in [1.165, 1.54) is 6.42 Å². The average molecular weight is 263 g/mol. The van der Waals surface area contributed by atoms with E-state index < -0.39 is 0 Å². The van der Waals surface area contributed by atoms with Gasteiger partial charge in [0.15, 0.2) is 0 Å². The molecule has 1 amide bonds. The Bertz CT molecular complexity index is 442. The fourth-order valence-corrected chi connectivity index (χ4v) is 2.26. The quantitative estimate of drug-likeness (QED) is 0.866. The van der Waals surface area contributed by atoms with Crippen LogP contribution in [0, 0.1) is 6.92 Å². The first kappa shape index (κ1) is 13.8. The highest BCUT2D eigenvalue weighted by atomic mass is 16.5. The predicted molar refractivity (Wildman–Crippen MR) is 73.9 cm³/mol. The molecule has 0 bridgehead atoms. The van der Waals surface area contributed by atoms with Crippen LogP contribution in [0.2, 0.25) is 0 Å². The van der Waals surface area contributed by atoms with Crippen LogP contribution in [0.15, 0.2) is 12.3 Å². The largest absolute Gasteiger partial charge is 0.397 e. The number of nitrogens with zero attached hydrogens (tertiary/aromatic N) is 1. The third kappa shape index (κ3) is 3.92. The Morgan fingerprint density at radius 1 is 1.58 bits per heavy atom. The minimum Gasteiger partial charge on any atom is -0.397 e. The molecule has 0 spiro atoms. The van der Waals surface area contributed by atoms with E-state index in [4.69, 9.17) is 10.5 Å². The average Bonchev–Trinajstić information content (AvgIpc) is 2.42. The number of carbonyl (C=O) groups excluding carboxylic acids is 1. The second-order valence-electron chi connectivity index (χ2n) is 4.93. The lowest BCUT2D eigenvalue weighted by Crippen LogP contribution is -2.30. The van der Waals surface area contributed by atoms with Gasteiger partial charge in [0.05, 0.1) is 29.2 Å². The van der Waals surface area contributed by atoms with Gasteiger partial charge in [-0.05, 0) is 38.7 Å². The lowest BCUT2D eigenvalue weighted by Gasteiger charge is -2.22. The summed E-state index contributed by atoms with van der Waals surface area (Å²) in [5.41, 5.74) is 7.40. The number of hydrogen-bond donors (Lipinski definition) is 2. The lowest BCUT2D eigenvalue weighted by atomic mass is 10.1. The number of nitrogen functional groups attached to an aromatic ring is 1. The number of nitrogens with one attached hydrogen (secondary N) is 1. The fourth-order valence-electron chi connectivity index (χ4n) is 2.26. The first-order chi connectivity index (χ1) is 9.16. The monoisotopic (exact) mass is 263 g/mol. The fraction of sp³-hybridized carbons (Fsp3) is 0.571. The van der Waals surface area contributed by atoms with Crippen LogP contribution >= 0.6 is 0 Å². The Labute approximate surface area is 113 Å². The highest BCUT2D eigenvalue weighted by molar-refractivity contribution is 5.95. The van der Waals surface area contributed by atoms with E-state index in [0.29, 0.717) is 23.5 Å². The van der Waals surface area contributed by atoms with Crippen LogP contribution in [0.25, 0.3) is 0 Å². The summed E-state index contributed by atoms with van der Waals surface area (Å²) in [5, 5.41) is 2.90. The maximum atomic E-state index is 12.0. The van der Waals surface area contributed by atoms with Gasteiger partial charge in [0.25, 0.3) is 5.91 Å². The number of aryl methyl sites for hydroxylation is 1. The first-order valence-corrected chi connectivity index (χ1v) is 6.79. The minimum atomic E-state index is -0.117. The molecule has 1 aromatic rings. The van der Waals surface area contributed by atoms with Crippen LogP contribution in [0.5, 0.6) is 0 Å². The van der Waals surface area contributed by atoms with Gasteiger partial charge in [0, 0.05) is 13.2 Å². The molecular weight excluding hydrogens is 242 g/mol. The Balaban J connectivity index is 1.82. The number of nitrogens with two attached hydrogens (primary N) is 1. The molecule has 1 saturated heterocycles. The van der Waals surface area contributed by atoms with Crippen molar-refractivity contribution in [2.75, 3.05) is 18.9 Å². The van der Waals surface area contributed by atoms with E-state index in [0.717, 1.165) is 25.9 Å². The van der Waals surface area contributed by atoms with Crippen molar-refractivity contribution in [2.24, 2.45) is 0 Å². The summed E-state index contributed by atoms with van der Waals surface area (Å²) in [5.74, 6) is -0.117. The number of carbonyl (C=O) groups is 1. The van der Waals surface area contributed by atoms with Gasteiger partial charge < -0.3 is 15.8 Å². The van der Waals surface area contributed by atoms with Crippen LogP contribution < -0.4 is 11.1 Å². The first-order valence-electron chi connectivity index (χ1n) is 6.79. The molecule has 2 heterocycles. The Kier molecular flexibility index (Phi) is 4.74. The maximum Gasteiger partial charge on any atom is 0.253 e. The third-order valence-electron chi connectivity index (χ3n) is 3.38. The van der Waals surface area contributed by atoms with Crippen molar-refractivity contribution in [1.29, 1.82) is 0 Å². The molecule has 104 valence electrons. The van der Waals surface area contributed by atoms with Crippen molar-refractivity contribution in [3.63, 3.8) is 0 Å². The normalized spacial score (nSPS) is 19.1. The third-order valence-corrected chi connectivity index (χ3v) is 3.38. The van der Waals surface area contributed by atoms with Crippen LogP contribution in [-0.4, -0.2) is 30.1 Å². The summed E-state index contributed by atoms with van der Waals surface area (Å²) >= 11 is 0. The molecule has 0 aromatic carbocycles. The van der Waals surface area contributed by atoms with Crippen molar-refractivity contribution in [2.45, 2.75) is 38.7 Å². The number of pyridine rings is 1. The molecule has 1 aliphatic heterocycles. The number of ether oxygens (including phenoxy) is 1. The summed E-state index contributed by atoms with van der Waals surface area (Å²) in [6.45, 7) is 3.27. The minimum absolute atomic E-state index is 0.117. The van der Waals surface area contributed by atoms with Crippen LogP contribution in [0.1, 0.15) is 41.7 Å². The molecular formula is C14H21N3O2. The zero-order valence-corrected chi connectivity index (χ0v) is 11.3. The Morgan fingerprint density at radius 3 is 3.16 bits per heavy atom. The lowest BCUT2D eigenvalue weighted by molar-refractivity contribution is 0.0117. The second-order valence-corrected chi connectivity index (χ2v) is 4.93. The van der Waals surface area contributed by atoms with E-state index in [-0.39, 0.29) is 12.0 Å². The van der Waals surface area contributed by atoms with E-state index in [2.05, 4.69) is 10.3 Å². The molecule has 5 nitrogen and oxygen atoms in total. The van der Waals surface area contributed by atoms with Crippen LogP contribution in [0.3, 0.4) is 0 Å². The molecule has 1 aromatic heterocycles. The van der Waals surface area contributed by atoms with Crippen molar-refractivity contribution >= 4 is 11.6 Å². The summed E-state index contributed by atoms with van der Waals surface area (Å²) in [6, 6.07) is 1.66. The molecule has 0 aliphatic carbocycles. The molecule has 2 rings (SSSR count). The summed E-state index contributed by atoms with van der Waals surface area (Å²) in [7, 11) is 0. The summed E-state index contributed by atoms with van der Waals surface area (Å²) in [4.78, 5) is 16.1. The number of anilines is 1. The van der Waals surface area contributed by atoms with E-state index in [1.807, 2.05) is 0 Å². The molecule has 1 atom stereocenters. The molecule has 19 heavy (non-hydrogen) atoms. The van der Waals surface area contributed by atoms with Crippen molar-refractivity contribution in [3.8, 4) is 0 Å². The van der Waals surface area contributed by atoms with E-state index in [9.17, 15) is 4.79 Å². The van der Waals surface area contributed by atoms with Gasteiger partial charge in [-0.15, -0.1) is 0 Å². The number of hydrogen-bond acceptors (Lipinski definition) is 4. The zero-order chi connectivity index (χ0) is 13.7. The van der Waals surface area contributed by atoms with Crippen LogP contribution in [-0.2, 0) is 4.74 Å². The molecule has 5 heteroatoms. The maximum absolute atomic E-state index is 12.0. The van der Waals surface area contributed by atoms with Gasteiger partial charge in [0.2, 0.25) is 0 Å². The topological polar surface area (TPSA) is 77.2 Å². The molecule has 3 N–H and O–H groups in total. The predicted octanol–water partition coefficient (Wildman–Crippen LogP) is 1.66. The molecule has 0 radical (unpaired) electrons. The smallest absolute Gasteiger partial charge is 0.253 e. The zero-order valence-electron chi connectivity index (χ0n) is 11.3. The number of aromatic nitrogens is 1. The molecule has 0 saturated carbocycles. The highest BCUT2D eigenvalue weighted by Crippen LogP contribution is 2.15. The summed E-state index contributed by atoms with van der Waals surface area (Å²) < 4.78 is 5.62. The van der Waals surface area contributed by atoms with Gasteiger partial charge in [-0.2, -0.15) is 0 Å². The molecule has 1 unspecified atom stereocenters. The SMILES string of the molecule is Cc1ncc(N)cc1C(=O)NCCC1CCCCO1. The highest BCUT2D eigenvalue weighted by Gasteiger charge is 2.15. The van der Waals surface area contributed by atoms with E-state index in [1.54, 1.807) is 19.2 Å². The van der Waals surface area contributed by atoms with Gasteiger partial charge >= 0.3 is 0 Å². The number of amides is 1. The van der Waals surface area contributed by atoms with E-state index >= 15 is 0 Å². The van der Waals surface area contributed by atoms with Crippen molar-refractivity contribution in [3.05, 3.63) is 23.5 Å². The van der Waals surface area contributed by atoms with Gasteiger partial charge in [0.1, 0.15) is 0 Å². The standard InChI is InChI=1S/C14H21N3O2/c1-10-13(8-11(15)9-17-10)14(18)16-6-5-12-4-2-3-7-19-12/h8-9,12H,2-7,15H2,1H3,(H,16,18). The van der Waals surface area contributed by atoms with Crippen molar-refractivity contribution in [1.82, 2.24) is 10.3 Å². The van der Waals surface area contributed by atoms with Crippen LogP contribution in [0.4, 0.5) is 5.69 Å². The van der Waals surface area contributed by atoms with Crippen molar-refractivity contribution < 1.29 is 9.53 Å². The second kappa shape index (κ2) is 6.52. The Morgan fingerprint density at radius 2 is 2.42 bits per heavy atom. The van der Waals surface area contributed by atoms with Gasteiger partial charge in [-0.1, -0.05) is 0 Å². The molecule has 1 aliphatic rings.